The smallest absolute Gasteiger partial charge is 0.248 e. The highest BCUT2D eigenvalue weighted by Gasteiger charge is 2.65. The number of hydrogen-bond acceptors (Lipinski definition) is 6. The number of rotatable bonds is 3. The monoisotopic (exact) mass is 565 g/mol. The lowest BCUT2D eigenvalue weighted by atomic mass is 9.66. The number of aromatic nitrogens is 5. The summed E-state index contributed by atoms with van der Waals surface area (Å²) in [5, 5.41) is 8.90. The van der Waals surface area contributed by atoms with Crippen LogP contribution < -0.4 is 0 Å². The highest BCUT2D eigenvalue weighted by Crippen LogP contribution is 2.69. The van der Waals surface area contributed by atoms with Gasteiger partial charge in [-0.05, 0) is 63.9 Å². The molecule has 6 nitrogen and oxygen atoms in total. The van der Waals surface area contributed by atoms with E-state index in [9.17, 15) is 8.78 Å². The topological polar surface area (TPSA) is 77.6 Å². The fourth-order valence-electron chi connectivity index (χ4n) is 6.31. The maximum atomic E-state index is 14.5. The SMILES string of the molecule is CC(C)(C)c1nc(-c2cncc([C@@]34CC[C@@H](c5cc(-c6c(F)cccc6F)nnc53)C4(C)C)n2)oc1Br. The first kappa shape index (κ1) is 24.3. The molecular formula is C28H26BrF2N5O. The van der Waals surface area contributed by atoms with Crippen molar-refractivity contribution >= 4 is 15.9 Å². The van der Waals surface area contributed by atoms with Gasteiger partial charge in [0.05, 0.1) is 40.0 Å². The zero-order valence-electron chi connectivity index (χ0n) is 21.2. The Morgan fingerprint density at radius 2 is 1.76 bits per heavy atom. The summed E-state index contributed by atoms with van der Waals surface area (Å²) in [6.07, 6.45) is 5.14. The van der Waals surface area contributed by atoms with Crippen LogP contribution in [0, 0.1) is 17.0 Å². The lowest BCUT2D eigenvalue weighted by molar-refractivity contribution is 0.242. The molecule has 0 unspecified atom stereocenters. The number of hydrogen-bond donors (Lipinski definition) is 0. The van der Waals surface area contributed by atoms with Crippen LogP contribution in [0.3, 0.4) is 0 Å². The number of oxazole rings is 1. The highest BCUT2D eigenvalue weighted by atomic mass is 79.9. The van der Waals surface area contributed by atoms with E-state index in [-0.39, 0.29) is 28.0 Å². The van der Waals surface area contributed by atoms with Crippen LogP contribution in [-0.4, -0.2) is 25.1 Å². The second kappa shape index (κ2) is 7.96. The van der Waals surface area contributed by atoms with E-state index in [0.29, 0.717) is 16.3 Å². The maximum Gasteiger partial charge on any atom is 0.248 e. The molecule has 0 amide bonds. The van der Waals surface area contributed by atoms with Crippen LogP contribution in [0.5, 0.6) is 0 Å². The van der Waals surface area contributed by atoms with Gasteiger partial charge in [0, 0.05) is 11.6 Å². The highest BCUT2D eigenvalue weighted by molar-refractivity contribution is 9.10. The minimum atomic E-state index is -0.656. The van der Waals surface area contributed by atoms with Gasteiger partial charge in [0.15, 0.2) is 4.67 Å². The van der Waals surface area contributed by atoms with Crippen LogP contribution in [-0.2, 0) is 10.8 Å². The molecule has 1 saturated carbocycles. The third kappa shape index (κ3) is 3.35. The largest absolute Gasteiger partial charge is 0.427 e. The molecule has 0 spiro atoms. The van der Waals surface area contributed by atoms with Crippen LogP contribution in [0.15, 0.2) is 45.7 Å². The predicted molar refractivity (Wildman–Crippen MR) is 138 cm³/mol. The molecule has 2 aliphatic rings. The van der Waals surface area contributed by atoms with Gasteiger partial charge < -0.3 is 4.42 Å². The van der Waals surface area contributed by atoms with Crippen LogP contribution in [0.4, 0.5) is 8.78 Å². The molecule has 6 rings (SSSR count). The third-order valence-corrected chi connectivity index (χ3v) is 8.73. The van der Waals surface area contributed by atoms with Crippen LogP contribution in [0.25, 0.3) is 22.8 Å². The van der Waals surface area contributed by atoms with Gasteiger partial charge in [-0.1, -0.05) is 40.7 Å². The fraction of sp³-hybridized carbons (Fsp3) is 0.393. The minimum Gasteiger partial charge on any atom is -0.427 e. The molecule has 2 aliphatic carbocycles. The molecule has 3 aromatic heterocycles. The summed E-state index contributed by atoms with van der Waals surface area (Å²) in [5.74, 6) is -0.779. The summed E-state index contributed by atoms with van der Waals surface area (Å²) in [7, 11) is 0. The molecular weight excluding hydrogens is 540 g/mol. The summed E-state index contributed by atoms with van der Waals surface area (Å²) in [4.78, 5) is 14.2. The van der Waals surface area contributed by atoms with E-state index in [0.717, 1.165) is 35.5 Å². The quantitative estimate of drug-likeness (QED) is 0.263. The molecule has 0 radical (unpaired) electrons. The summed E-state index contributed by atoms with van der Waals surface area (Å²) in [6, 6.07) is 5.61. The first-order valence-corrected chi connectivity index (χ1v) is 13.1. The van der Waals surface area contributed by atoms with Gasteiger partial charge in [0.2, 0.25) is 5.89 Å². The average molecular weight is 566 g/mol. The Morgan fingerprint density at radius 1 is 1.03 bits per heavy atom. The van der Waals surface area contributed by atoms with E-state index in [1.807, 2.05) is 0 Å². The molecule has 1 aromatic carbocycles. The third-order valence-electron chi connectivity index (χ3n) is 8.19. The van der Waals surface area contributed by atoms with Gasteiger partial charge in [-0.15, -0.1) is 5.10 Å². The number of benzene rings is 1. The van der Waals surface area contributed by atoms with Gasteiger partial charge in [-0.2, -0.15) is 5.10 Å². The first-order valence-electron chi connectivity index (χ1n) is 12.3. The van der Waals surface area contributed by atoms with E-state index in [1.165, 1.54) is 18.2 Å². The lowest BCUT2D eigenvalue weighted by Crippen LogP contribution is -2.38. The van der Waals surface area contributed by atoms with E-state index in [2.05, 4.69) is 65.7 Å². The van der Waals surface area contributed by atoms with Crippen LogP contribution in [0.2, 0.25) is 0 Å². The van der Waals surface area contributed by atoms with Crippen molar-refractivity contribution in [2.45, 2.75) is 64.2 Å². The second-order valence-electron chi connectivity index (χ2n) is 11.5. The van der Waals surface area contributed by atoms with Crippen molar-refractivity contribution in [2.75, 3.05) is 0 Å². The summed E-state index contributed by atoms with van der Waals surface area (Å²) in [6.45, 7) is 10.6. The fourth-order valence-corrected chi connectivity index (χ4v) is 7.14. The molecule has 37 heavy (non-hydrogen) atoms. The molecule has 9 heteroatoms. The van der Waals surface area contributed by atoms with Crippen molar-refractivity contribution in [2.24, 2.45) is 5.41 Å². The number of fused-ring (bicyclic) bond motifs is 5. The Labute approximate surface area is 222 Å². The van der Waals surface area contributed by atoms with Crippen molar-refractivity contribution in [1.82, 2.24) is 25.1 Å². The maximum absolute atomic E-state index is 14.5. The van der Waals surface area contributed by atoms with Crippen molar-refractivity contribution in [3.8, 4) is 22.8 Å². The standard InChI is InChI=1S/C28H26BrF2N5O/c1-26(2,3)23-24(29)37-25(34-23)19-12-32-13-20(33-19)28-10-9-15(27(28,4)5)14-11-18(35-36-22(14)28)21-16(30)7-6-8-17(21)31/h6-8,11-13,15H,9-10H2,1-5H3/t15-,28-/m0/s1. The van der Waals surface area contributed by atoms with Gasteiger partial charge in [0.25, 0.3) is 0 Å². The van der Waals surface area contributed by atoms with E-state index < -0.39 is 17.0 Å². The lowest BCUT2D eigenvalue weighted by Gasteiger charge is -2.37. The zero-order chi connectivity index (χ0) is 26.3. The van der Waals surface area contributed by atoms with Gasteiger partial charge in [0.1, 0.15) is 17.3 Å². The summed E-state index contributed by atoms with van der Waals surface area (Å²) >= 11 is 3.49. The average Bonchev–Trinajstić information content (AvgIpc) is 3.42. The van der Waals surface area contributed by atoms with Crippen molar-refractivity contribution in [3.05, 3.63) is 75.6 Å². The summed E-state index contributed by atoms with van der Waals surface area (Å²) in [5.41, 5.74) is 2.89. The van der Waals surface area contributed by atoms with Crippen molar-refractivity contribution in [1.29, 1.82) is 0 Å². The molecule has 0 N–H and O–H groups in total. The van der Waals surface area contributed by atoms with Gasteiger partial charge >= 0.3 is 0 Å². The molecule has 4 aromatic rings. The normalized spacial score (nSPS) is 21.9. The molecule has 2 bridgehead atoms. The Bertz CT molecular complexity index is 1540. The molecule has 2 atom stereocenters. The van der Waals surface area contributed by atoms with Gasteiger partial charge in [-0.3, -0.25) is 4.98 Å². The first-order chi connectivity index (χ1) is 17.4. The van der Waals surface area contributed by atoms with E-state index >= 15 is 0 Å². The molecule has 1 fully saturated rings. The number of halogens is 3. The Balaban J connectivity index is 1.49. The van der Waals surface area contributed by atoms with Gasteiger partial charge in [-0.25, -0.2) is 18.7 Å². The minimum absolute atomic E-state index is 0.139. The number of nitrogens with zero attached hydrogens (tertiary/aromatic N) is 5. The molecule has 190 valence electrons. The Morgan fingerprint density at radius 3 is 2.43 bits per heavy atom. The van der Waals surface area contributed by atoms with Crippen molar-refractivity contribution < 1.29 is 13.2 Å². The van der Waals surface area contributed by atoms with E-state index in [4.69, 9.17) is 14.4 Å². The van der Waals surface area contributed by atoms with Crippen LogP contribution >= 0.6 is 15.9 Å². The summed E-state index contributed by atoms with van der Waals surface area (Å²) < 4.78 is 35.6. The second-order valence-corrected chi connectivity index (χ2v) is 12.2. The molecule has 3 heterocycles. The van der Waals surface area contributed by atoms with Crippen molar-refractivity contribution in [3.63, 3.8) is 0 Å². The zero-order valence-corrected chi connectivity index (χ0v) is 22.8. The predicted octanol–water partition coefficient (Wildman–Crippen LogP) is 7.13. The molecule has 0 saturated heterocycles. The molecule has 0 aliphatic heterocycles. The van der Waals surface area contributed by atoms with E-state index in [1.54, 1.807) is 18.5 Å². The Kier molecular flexibility index (Phi) is 5.23. The Hall–Kier alpha value is -3.07. The van der Waals surface area contributed by atoms with Crippen LogP contribution in [0.1, 0.15) is 76.0 Å².